The zero-order chi connectivity index (χ0) is 16.4. The van der Waals surface area contributed by atoms with Crippen molar-refractivity contribution in [3.05, 3.63) is 47.2 Å². The summed E-state index contributed by atoms with van der Waals surface area (Å²) in [5, 5.41) is 2.98. The van der Waals surface area contributed by atoms with E-state index in [1.54, 1.807) is 18.3 Å². The lowest BCUT2D eigenvalue weighted by atomic mass is 9.94. The number of carbonyl (C=O) groups is 2. The molecule has 7 nitrogen and oxygen atoms in total. The molecule has 7 heteroatoms. The molecule has 118 valence electrons. The first-order valence-electron chi connectivity index (χ1n) is 7.18. The molecule has 0 aliphatic carbocycles. The average molecular weight is 312 g/mol. The number of hydrogen-bond donors (Lipinski definition) is 2. The van der Waals surface area contributed by atoms with Crippen molar-refractivity contribution in [1.29, 1.82) is 0 Å². The number of aliphatic imine (C=N–C) groups is 2. The van der Waals surface area contributed by atoms with E-state index in [1.165, 1.54) is 7.11 Å². The third-order valence-electron chi connectivity index (χ3n) is 3.83. The van der Waals surface area contributed by atoms with Crippen molar-refractivity contribution in [2.45, 2.75) is 12.8 Å². The molecule has 1 unspecified atom stereocenters. The Hall–Kier alpha value is -2.96. The van der Waals surface area contributed by atoms with Gasteiger partial charge in [0.05, 0.1) is 12.7 Å². The number of hydrogen-bond acceptors (Lipinski definition) is 6. The number of rotatable bonds is 4. The van der Waals surface area contributed by atoms with Gasteiger partial charge in [0.1, 0.15) is 11.8 Å². The van der Waals surface area contributed by atoms with Gasteiger partial charge < -0.3 is 15.8 Å². The molecular formula is C16H16N4O3. The molecular weight excluding hydrogens is 296 g/mol. The number of esters is 1. The summed E-state index contributed by atoms with van der Waals surface area (Å²) in [7, 11) is 1.35. The van der Waals surface area contributed by atoms with Gasteiger partial charge in [0.15, 0.2) is 0 Å². The molecule has 1 aromatic carbocycles. The maximum absolute atomic E-state index is 12.0. The van der Waals surface area contributed by atoms with Crippen molar-refractivity contribution in [3.63, 3.8) is 0 Å². The topological polar surface area (TPSA) is 106 Å². The number of benzene rings is 1. The fourth-order valence-electron chi connectivity index (χ4n) is 2.64. The molecule has 2 aliphatic heterocycles. The Balaban J connectivity index is 1.64. The van der Waals surface area contributed by atoms with Crippen molar-refractivity contribution in [3.8, 4) is 0 Å². The zero-order valence-electron chi connectivity index (χ0n) is 12.6. The van der Waals surface area contributed by atoms with Crippen molar-refractivity contribution < 1.29 is 14.3 Å². The highest BCUT2D eigenvalue weighted by Crippen LogP contribution is 2.26. The van der Waals surface area contributed by atoms with Crippen LogP contribution in [0.2, 0.25) is 0 Å². The third-order valence-corrected chi connectivity index (χ3v) is 3.83. The number of amides is 1. The van der Waals surface area contributed by atoms with Gasteiger partial charge in [-0.1, -0.05) is 12.1 Å². The summed E-state index contributed by atoms with van der Waals surface area (Å²) >= 11 is 0. The third kappa shape index (κ3) is 2.98. The molecule has 0 radical (unpaired) electrons. The number of fused-ring (bicyclic) bond motifs is 1. The summed E-state index contributed by atoms with van der Waals surface area (Å²) in [6.45, 7) is 0. The summed E-state index contributed by atoms with van der Waals surface area (Å²) in [4.78, 5) is 31.1. The van der Waals surface area contributed by atoms with Gasteiger partial charge in [-0.3, -0.25) is 4.79 Å². The standard InChI is InChI=1S/C16H16N4O3/c1-23-15(22)10-5-2-9(3-6-10)4-7-11-8-18-13-12(11)14(21)20-16(17)19-13/h2-3,5-6,8,12H,4,7H2,1H3,(H3,17,18,19,20,21). The minimum atomic E-state index is -0.448. The highest BCUT2D eigenvalue weighted by atomic mass is 16.5. The number of carbonyl (C=O) groups excluding carboxylic acids is 2. The predicted octanol–water partition coefficient (Wildman–Crippen LogP) is 0.762. The predicted molar refractivity (Wildman–Crippen MR) is 84.9 cm³/mol. The van der Waals surface area contributed by atoms with Gasteiger partial charge >= 0.3 is 5.97 Å². The van der Waals surface area contributed by atoms with E-state index in [9.17, 15) is 9.59 Å². The molecule has 0 saturated heterocycles. The van der Waals surface area contributed by atoms with E-state index in [2.05, 4.69) is 20.0 Å². The number of amidine groups is 1. The van der Waals surface area contributed by atoms with Crippen molar-refractivity contribution >= 4 is 23.7 Å². The van der Waals surface area contributed by atoms with Crippen molar-refractivity contribution in [2.24, 2.45) is 21.6 Å². The first-order valence-corrected chi connectivity index (χ1v) is 7.18. The van der Waals surface area contributed by atoms with Crippen molar-refractivity contribution in [2.75, 3.05) is 7.11 Å². The normalized spacial score (nSPS) is 19.3. The van der Waals surface area contributed by atoms with Gasteiger partial charge in [-0.25, -0.2) is 4.79 Å². The van der Waals surface area contributed by atoms with Gasteiger partial charge in [-0.15, -0.1) is 0 Å². The van der Waals surface area contributed by atoms with Crippen LogP contribution >= 0.6 is 0 Å². The van der Waals surface area contributed by atoms with Crippen LogP contribution in [0.4, 0.5) is 0 Å². The minimum Gasteiger partial charge on any atom is -0.465 e. The summed E-state index contributed by atoms with van der Waals surface area (Å²) in [6.07, 6.45) is 3.22. The molecule has 1 aromatic rings. The minimum absolute atomic E-state index is 0.0122. The Bertz CT molecular complexity index is 747. The average Bonchev–Trinajstić information content (AvgIpc) is 2.95. The van der Waals surface area contributed by atoms with E-state index in [0.717, 1.165) is 17.6 Å². The molecule has 0 fully saturated rings. The van der Waals surface area contributed by atoms with Crippen molar-refractivity contribution in [1.82, 2.24) is 5.32 Å². The van der Waals surface area contributed by atoms with Gasteiger partial charge in [0.25, 0.3) is 5.91 Å². The van der Waals surface area contributed by atoms with Gasteiger partial charge in [-0.2, -0.15) is 9.98 Å². The molecule has 0 bridgehead atoms. The fraction of sp³-hybridized carbons (Fsp3) is 0.250. The molecule has 1 amide bonds. The molecule has 3 N–H and O–H groups in total. The van der Waals surface area contributed by atoms with Gasteiger partial charge in [-0.05, 0) is 36.1 Å². The Kier molecular flexibility index (Phi) is 3.92. The molecule has 0 spiro atoms. The number of nitrogens with two attached hydrogens (primary N) is 1. The first kappa shape index (κ1) is 15.0. The first-order chi connectivity index (χ1) is 11.1. The van der Waals surface area contributed by atoms with Crippen LogP contribution in [-0.2, 0) is 16.0 Å². The van der Waals surface area contributed by atoms with Crippen LogP contribution in [0.25, 0.3) is 0 Å². The Morgan fingerprint density at radius 1 is 1.26 bits per heavy atom. The van der Waals surface area contributed by atoms with Gasteiger partial charge in [0.2, 0.25) is 5.96 Å². The molecule has 0 aromatic heterocycles. The second-order valence-electron chi connectivity index (χ2n) is 5.29. The van der Waals surface area contributed by atoms with Crippen LogP contribution in [0, 0.1) is 5.92 Å². The summed E-state index contributed by atoms with van der Waals surface area (Å²) in [5.41, 5.74) is 7.99. The lowest BCUT2D eigenvalue weighted by Gasteiger charge is -2.15. The quantitative estimate of drug-likeness (QED) is 0.798. The number of nitrogens with zero attached hydrogens (tertiary/aromatic N) is 2. The number of guanidine groups is 1. The van der Waals surface area contributed by atoms with E-state index in [-0.39, 0.29) is 17.8 Å². The van der Waals surface area contributed by atoms with Crippen LogP contribution in [0.1, 0.15) is 22.3 Å². The Morgan fingerprint density at radius 2 is 2.00 bits per heavy atom. The lowest BCUT2D eigenvalue weighted by Crippen LogP contribution is -2.34. The molecule has 1 atom stereocenters. The van der Waals surface area contributed by atoms with Crippen LogP contribution in [0.3, 0.4) is 0 Å². The highest BCUT2D eigenvalue weighted by molar-refractivity contribution is 6.17. The maximum atomic E-state index is 12.0. The number of ether oxygens (including phenoxy) is 1. The Labute approximate surface area is 132 Å². The van der Waals surface area contributed by atoms with Crippen LogP contribution in [0.5, 0.6) is 0 Å². The molecule has 3 rings (SSSR count). The van der Waals surface area contributed by atoms with E-state index in [4.69, 9.17) is 5.73 Å². The van der Waals surface area contributed by atoms with E-state index < -0.39 is 5.92 Å². The second kappa shape index (κ2) is 6.04. The SMILES string of the molecule is COC(=O)c1ccc(CCC2=CNC3=NC(N)=NC(=O)C23)cc1. The van der Waals surface area contributed by atoms with Crippen LogP contribution in [0.15, 0.2) is 46.0 Å². The summed E-state index contributed by atoms with van der Waals surface area (Å²) in [6, 6.07) is 7.21. The maximum Gasteiger partial charge on any atom is 0.337 e. The van der Waals surface area contributed by atoms with Gasteiger partial charge in [0, 0.05) is 6.20 Å². The summed E-state index contributed by atoms with van der Waals surface area (Å²) < 4.78 is 4.67. The molecule has 2 heterocycles. The number of aryl methyl sites for hydroxylation is 1. The second-order valence-corrected chi connectivity index (χ2v) is 5.29. The van der Waals surface area contributed by atoms with E-state index in [0.29, 0.717) is 17.8 Å². The number of nitrogens with one attached hydrogen (secondary N) is 1. The zero-order valence-corrected chi connectivity index (χ0v) is 12.6. The smallest absolute Gasteiger partial charge is 0.337 e. The molecule has 0 saturated carbocycles. The van der Waals surface area contributed by atoms with Crippen LogP contribution < -0.4 is 11.1 Å². The van der Waals surface area contributed by atoms with Crippen LogP contribution in [-0.4, -0.2) is 30.8 Å². The van der Waals surface area contributed by atoms with E-state index >= 15 is 0 Å². The monoisotopic (exact) mass is 312 g/mol. The van der Waals surface area contributed by atoms with E-state index in [1.807, 2.05) is 12.1 Å². The molecule has 23 heavy (non-hydrogen) atoms. The Morgan fingerprint density at radius 3 is 2.70 bits per heavy atom. The molecule has 2 aliphatic rings. The summed E-state index contributed by atoms with van der Waals surface area (Å²) in [5.74, 6) is -0.565. The lowest BCUT2D eigenvalue weighted by molar-refractivity contribution is -0.118. The largest absolute Gasteiger partial charge is 0.465 e. The number of methoxy groups -OCH3 is 1. The highest BCUT2D eigenvalue weighted by Gasteiger charge is 2.34. The fourth-order valence-corrected chi connectivity index (χ4v) is 2.64.